The van der Waals surface area contributed by atoms with Crippen molar-refractivity contribution in [2.75, 3.05) is 13.2 Å². The smallest absolute Gasteiger partial charge is 0.165 e. The maximum atomic E-state index is 13.5. The van der Waals surface area contributed by atoms with Crippen molar-refractivity contribution < 1.29 is 18.6 Å². The summed E-state index contributed by atoms with van der Waals surface area (Å²) in [5, 5.41) is 12.7. The minimum atomic E-state index is -0.564. The Balaban J connectivity index is 2.03. The molecule has 2 rings (SSSR count). The molecule has 2 atom stereocenters. The van der Waals surface area contributed by atoms with Crippen molar-refractivity contribution in [2.45, 2.75) is 37.8 Å². The second-order valence-electron chi connectivity index (χ2n) is 5.03. The zero-order valence-corrected chi connectivity index (χ0v) is 11.0. The zero-order valence-electron chi connectivity index (χ0n) is 11.0. The van der Waals surface area contributed by atoms with Crippen LogP contribution in [-0.4, -0.2) is 29.9 Å². The van der Waals surface area contributed by atoms with E-state index in [9.17, 15) is 13.9 Å². The molecular formula is C14H19F2NO2. The predicted octanol–water partition coefficient (Wildman–Crippen LogP) is 2.24. The summed E-state index contributed by atoms with van der Waals surface area (Å²) in [6, 6.07) is 3.18. The quantitative estimate of drug-likeness (QED) is 0.863. The number of aliphatic hydroxyl groups is 1. The van der Waals surface area contributed by atoms with Crippen molar-refractivity contribution in [3.63, 3.8) is 0 Å². The third kappa shape index (κ3) is 3.22. The molecule has 1 aliphatic carbocycles. The first-order valence-corrected chi connectivity index (χ1v) is 6.56. The molecule has 0 amide bonds. The molecule has 1 saturated carbocycles. The van der Waals surface area contributed by atoms with Crippen LogP contribution in [-0.2, 0) is 0 Å². The van der Waals surface area contributed by atoms with Crippen molar-refractivity contribution >= 4 is 0 Å². The minimum Gasteiger partial charge on any atom is -0.487 e. The summed E-state index contributed by atoms with van der Waals surface area (Å²) < 4.78 is 32.1. The number of rotatable bonds is 5. The summed E-state index contributed by atoms with van der Waals surface area (Å²) in [5.41, 5.74) is -0.358. The first-order chi connectivity index (χ1) is 9.08. The van der Waals surface area contributed by atoms with Gasteiger partial charge in [-0.15, -0.1) is 0 Å². The van der Waals surface area contributed by atoms with E-state index < -0.39 is 11.6 Å². The molecule has 19 heavy (non-hydrogen) atoms. The van der Waals surface area contributed by atoms with Crippen LogP contribution in [0.1, 0.15) is 26.2 Å². The molecule has 0 spiro atoms. The van der Waals surface area contributed by atoms with Crippen LogP contribution in [0.25, 0.3) is 0 Å². The van der Waals surface area contributed by atoms with Gasteiger partial charge in [-0.05, 0) is 31.5 Å². The van der Waals surface area contributed by atoms with Crippen LogP contribution < -0.4 is 10.1 Å². The molecule has 1 aromatic rings. The highest BCUT2D eigenvalue weighted by Gasteiger charge is 2.39. The van der Waals surface area contributed by atoms with E-state index in [-0.39, 0.29) is 24.0 Å². The van der Waals surface area contributed by atoms with Gasteiger partial charge < -0.3 is 15.2 Å². The van der Waals surface area contributed by atoms with Gasteiger partial charge in [0.2, 0.25) is 0 Å². The van der Waals surface area contributed by atoms with Gasteiger partial charge in [0.05, 0.1) is 6.61 Å². The largest absolute Gasteiger partial charge is 0.487 e. The molecule has 0 aliphatic heterocycles. The summed E-state index contributed by atoms with van der Waals surface area (Å²) in [6.45, 7) is 2.74. The normalized spacial score (nSPS) is 26.6. The number of halogens is 2. The first-order valence-electron chi connectivity index (χ1n) is 6.56. The molecule has 106 valence electrons. The Bertz CT molecular complexity index is 441. The number of benzene rings is 1. The van der Waals surface area contributed by atoms with E-state index in [1.807, 2.05) is 6.92 Å². The predicted molar refractivity (Wildman–Crippen MR) is 68.1 cm³/mol. The monoisotopic (exact) mass is 271 g/mol. The number of ether oxygens (including phenoxy) is 1. The molecule has 0 radical (unpaired) electrons. The molecule has 0 heterocycles. The SMILES string of the molecule is CCNC1(CO)CCC(Oc2cc(F)ccc2F)C1. The van der Waals surface area contributed by atoms with E-state index in [1.54, 1.807) is 0 Å². The third-order valence-electron chi connectivity index (χ3n) is 3.60. The highest BCUT2D eigenvalue weighted by Crippen LogP contribution is 2.33. The van der Waals surface area contributed by atoms with E-state index >= 15 is 0 Å². The topological polar surface area (TPSA) is 41.5 Å². The Kier molecular flexibility index (Phi) is 4.37. The Morgan fingerprint density at radius 2 is 2.26 bits per heavy atom. The standard InChI is InChI=1S/C14H19F2NO2/c1-2-17-14(9-18)6-5-11(8-14)19-13-7-10(15)3-4-12(13)16/h3-4,7,11,17-18H,2,5-6,8-9H2,1H3. The van der Waals surface area contributed by atoms with Crippen LogP contribution in [0.3, 0.4) is 0 Å². The average molecular weight is 271 g/mol. The maximum absolute atomic E-state index is 13.5. The van der Waals surface area contributed by atoms with Gasteiger partial charge >= 0.3 is 0 Å². The fourth-order valence-electron chi connectivity index (χ4n) is 2.66. The number of likely N-dealkylation sites (N-methyl/N-ethyl adjacent to an activating group) is 1. The first kappa shape index (κ1) is 14.2. The molecule has 3 nitrogen and oxygen atoms in total. The van der Waals surface area contributed by atoms with Gasteiger partial charge in [-0.25, -0.2) is 8.78 Å². The fraction of sp³-hybridized carbons (Fsp3) is 0.571. The average Bonchev–Trinajstić information content (AvgIpc) is 2.78. The van der Waals surface area contributed by atoms with Gasteiger partial charge in [0.25, 0.3) is 0 Å². The van der Waals surface area contributed by atoms with E-state index in [4.69, 9.17) is 4.74 Å². The highest BCUT2D eigenvalue weighted by atomic mass is 19.1. The van der Waals surface area contributed by atoms with Crippen molar-refractivity contribution in [3.8, 4) is 5.75 Å². The van der Waals surface area contributed by atoms with Gasteiger partial charge in [-0.2, -0.15) is 0 Å². The molecule has 1 aromatic carbocycles. The van der Waals surface area contributed by atoms with Crippen molar-refractivity contribution in [1.29, 1.82) is 0 Å². The lowest BCUT2D eigenvalue weighted by molar-refractivity contribution is 0.139. The van der Waals surface area contributed by atoms with E-state index in [0.29, 0.717) is 12.8 Å². The summed E-state index contributed by atoms with van der Waals surface area (Å²) in [6.07, 6.45) is 1.86. The second-order valence-corrected chi connectivity index (χ2v) is 5.03. The number of aliphatic hydroxyl groups excluding tert-OH is 1. The van der Waals surface area contributed by atoms with Gasteiger partial charge in [0.1, 0.15) is 11.9 Å². The Labute approximate surface area is 111 Å². The summed E-state index contributed by atoms with van der Waals surface area (Å²) in [7, 11) is 0. The van der Waals surface area contributed by atoms with E-state index in [0.717, 1.165) is 31.2 Å². The molecule has 2 unspecified atom stereocenters. The summed E-state index contributed by atoms with van der Waals surface area (Å²) in [4.78, 5) is 0. The zero-order chi connectivity index (χ0) is 13.9. The lowest BCUT2D eigenvalue weighted by Crippen LogP contribution is -2.46. The van der Waals surface area contributed by atoms with Crippen LogP contribution in [0.4, 0.5) is 8.78 Å². The molecule has 0 aromatic heterocycles. The van der Waals surface area contributed by atoms with Crippen LogP contribution in [0.5, 0.6) is 5.75 Å². The lowest BCUT2D eigenvalue weighted by Gasteiger charge is -2.27. The summed E-state index contributed by atoms with van der Waals surface area (Å²) in [5.74, 6) is -1.14. The molecule has 0 bridgehead atoms. The number of hydrogen-bond donors (Lipinski definition) is 2. The van der Waals surface area contributed by atoms with Crippen molar-refractivity contribution in [3.05, 3.63) is 29.8 Å². The van der Waals surface area contributed by atoms with Crippen molar-refractivity contribution in [2.24, 2.45) is 0 Å². The highest BCUT2D eigenvalue weighted by molar-refractivity contribution is 5.25. The number of hydrogen-bond acceptors (Lipinski definition) is 3. The molecule has 0 saturated heterocycles. The molecule has 2 N–H and O–H groups in total. The minimum absolute atomic E-state index is 0.0202. The third-order valence-corrected chi connectivity index (χ3v) is 3.60. The van der Waals surface area contributed by atoms with E-state index in [2.05, 4.69) is 5.32 Å². The fourth-order valence-corrected chi connectivity index (χ4v) is 2.66. The van der Waals surface area contributed by atoms with Gasteiger partial charge in [-0.3, -0.25) is 0 Å². The summed E-state index contributed by atoms with van der Waals surface area (Å²) >= 11 is 0. The molecular weight excluding hydrogens is 252 g/mol. The van der Waals surface area contributed by atoms with Crippen LogP contribution >= 0.6 is 0 Å². The second kappa shape index (κ2) is 5.84. The van der Waals surface area contributed by atoms with Gasteiger partial charge in [0.15, 0.2) is 11.6 Å². The van der Waals surface area contributed by atoms with Crippen molar-refractivity contribution in [1.82, 2.24) is 5.32 Å². The van der Waals surface area contributed by atoms with Crippen LogP contribution in [0.2, 0.25) is 0 Å². The Hall–Kier alpha value is -1.20. The van der Waals surface area contributed by atoms with E-state index in [1.165, 1.54) is 0 Å². The lowest BCUT2D eigenvalue weighted by atomic mass is 9.99. The molecule has 5 heteroatoms. The Morgan fingerprint density at radius 3 is 2.95 bits per heavy atom. The van der Waals surface area contributed by atoms with Gasteiger partial charge in [-0.1, -0.05) is 6.92 Å². The van der Waals surface area contributed by atoms with Crippen LogP contribution in [0, 0.1) is 11.6 Å². The van der Waals surface area contributed by atoms with Gasteiger partial charge in [0, 0.05) is 18.0 Å². The molecule has 1 fully saturated rings. The maximum Gasteiger partial charge on any atom is 0.165 e. The van der Waals surface area contributed by atoms with Crippen LogP contribution in [0.15, 0.2) is 18.2 Å². The number of nitrogens with one attached hydrogen (secondary N) is 1. The Morgan fingerprint density at radius 1 is 1.47 bits per heavy atom. The molecule has 1 aliphatic rings.